The van der Waals surface area contributed by atoms with E-state index in [0.29, 0.717) is 15.8 Å². The van der Waals surface area contributed by atoms with Crippen LogP contribution in [-0.4, -0.2) is 31.1 Å². The number of nitrogens with two attached hydrogens (primary N) is 1. The van der Waals surface area contributed by atoms with Gasteiger partial charge in [-0.25, -0.2) is 14.6 Å². The van der Waals surface area contributed by atoms with Crippen LogP contribution in [-0.2, 0) is 13.0 Å². The zero-order chi connectivity index (χ0) is 19.6. The summed E-state index contributed by atoms with van der Waals surface area (Å²) in [5.74, 6) is 0.133. The summed E-state index contributed by atoms with van der Waals surface area (Å²) < 4.78 is 52.6. The third kappa shape index (κ3) is 4.17. The van der Waals surface area contributed by atoms with Crippen molar-refractivity contribution in [3.8, 4) is 11.1 Å². The van der Waals surface area contributed by atoms with Gasteiger partial charge in [-0.15, -0.1) is 11.3 Å². The van der Waals surface area contributed by atoms with Gasteiger partial charge in [-0.3, -0.25) is 4.57 Å². The van der Waals surface area contributed by atoms with Crippen molar-refractivity contribution >= 4 is 11.3 Å². The second-order valence-electron chi connectivity index (χ2n) is 5.56. The van der Waals surface area contributed by atoms with Crippen LogP contribution in [0, 0.1) is 0 Å². The van der Waals surface area contributed by atoms with Crippen LogP contribution < -0.4 is 11.4 Å². The Morgan fingerprint density at radius 2 is 2.11 bits per heavy atom. The van der Waals surface area contributed by atoms with E-state index in [0.717, 1.165) is 4.88 Å². The molecule has 0 saturated heterocycles. The number of hydrogen-bond donors (Lipinski definition) is 2. The number of H-pyrrole nitrogens is 1. The van der Waals surface area contributed by atoms with E-state index in [9.17, 15) is 22.4 Å². The first kappa shape index (κ1) is 19.0. The van der Waals surface area contributed by atoms with E-state index in [-0.39, 0.29) is 30.9 Å². The molecule has 0 aromatic carbocycles. The second kappa shape index (κ2) is 7.88. The molecule has 0 spiro atoms. The molecule has 144 valence electrons. The predicted octanol–water partition coefficient (Wildman–Crippen LogP) is 2.59. The Morgan fingerprint density at radius 3 is 2.74 bits per heavy atom. The molecule has 3 heterocycles. The first-order valence-corrected chi connectivity index (χ1v) is 8.54. The van der Waals surface area contributed by atoms with Crippen LogP contribution in [0.5, 0.6) is 0 Å². The zero-order valence-electron chi connectivity index (χ0n) is 13.7. The van der Waals surface area contributed by atoms with Gasteiger partial charge >= 0.3 is 12.2 Å². The number of aromatic amines is 1. The fraction of sp³-hybridized carbons (Fsp3) is 0.267. The minimum Gasteiger partial charge on any atom is -0.327 e. The van der Waals surface area contributed by atoms with Crippen molar-refractivity contribution < 1.29 is 17.6 Å². The van der Waals surface area contributed by atoms with Crippen LogP contribution in [0.4, 0.5) is 17.6 Å². The van der Waals surface area contributed by atoms with Gasteiger partial charge in [0, 0.05) is 35.2 Å². The van der Waals surface area contributed by atoms with Gasteiger partial charge in [0.15, 0.2) is 0 Å². The highest BCUT2D eigenvalue weighted by atomic mass is 32.1. The quantitative estimate of drug-likeness (QED) is 0.594. The second-order valence-corrected chi connectivity index (χ2v) is 6.56. The fourth-order valence-electron chi connectivity index (χ4n) is 2.42. The predicted molar refractivity (Wildman–Crippen MR) is 90.7 cm³/mol. The molecule has 0 aliphatic heterocycles. The first-order chi connectivity index (χ1) is 12.9. The molecule has 7 nitrogen and oxygen atoms in total. The van der Waals surface area contributed by atoms with E-state index in [1.54, 1.807) is 11.4 Å². The maximum atomic E-state index is 12.8. The summed E-state index contributed by atoms with van der Waals surface area (Å²) >= 11 is 1.30. The SMILES string of the molecule is NCC(Cc1n[nH]c(=O)n1Cc1cc(-c2cnn(C(F)F)c2)cs1)=C(F)F. The zero-order valence-corrected chi connectivity index (χ0v) is 14.5. The summed E-state index contributed by atoms with van der Waals surface area (Å²) in [4.78, 5) is 12.7. The molecule has 0 unspecified atom stereocenters. The molecule has 0 aliphatic rings. The molecule has 0 atom stereocenters. The summed E-state index contributed by atoms with van der Waals surface area (Å²) in [5, 5.41) is 11.3. The molecule has 3 aromatic rings. The van der Waals surface area contributed by atoms with Gasteiger partial charge in [0.05, 0.1) is 12.7 Å². The number of nitrogens with zero attached hydrogens (tertiary/aromatic N) is 4. The van der Waals surface area contributed by atoms with Gasteiger partial charge in [0.1, 0.15) is 5.82 Å². The Kier molecular flexibility index (Phi) is 5.56. The van der Waals surface area contributed by atoms with Crippen molar-refractivity contribution in [1.82, 2.24) is 24.5 Å². The lowest BCUT2D eigenvalue weighted by atomic mass is 10.2. The highest BCUT2D eigenvalue weighted by molar-refractivity contribution is 7.10. The van der Waals surface area contributed by atoms with Gasteiger partial charge in [-0.1, -0.05) is 0 Å². The van der Waals surface area contributed by atoms with Gasteiger partial charge in [0.25, 0.3) is 6.08 Å². The first-order valence-electron chi connectivity index (χ1n) is 7.66. The van der Waals surface area contributed by atoms with E-state index in [1.807, 2.05) is 0 Å². The Hall–Kier alpha value is -2.73. The maximum absolute atomic E-state index is 12.8. The molecule has 27 heavy (non-hydrogen) atoms. The minimum absolute atomic E-state index is 0.101. The molecule has 0 saturated carbocycles. The number of aromatic nitrogens is 5. The molecular weight excluding hydrogens is 388 g/mol. The topological polar surface area (TPSA) is 94.5 Å². The lowest BCUT2D eigenvalue weighted by Gasteiger charge is -2.05. The van der Waals surface area contributed by atoms with E-state index >= 15 is 0 Å². The van der Waals surface area contributed by atoms with Crippen molar-refractivity contribution in [2.45, 2.75) is 19.5 Å². The van der Waals surface area contributed by atoms with Crippen LogP contribution in [0.1, 0.15) is 17.3 Å². The molecule has 0 amide bonds. The Morgan fingerprint density at radius 1 is 1.33 bits per heavy atom. The fourth-order valence-corrected chi connectivity index (χ4v) is 3.30. The molecule has 0 aliphatic carbocycles. The van der Waals surface area contributed by atoms with E-state index in [2.05, 4.69) is 15.3 Å². The molecule has 3 aromatic heterocycles. The van der Waals surface area contributed by atoms with Crippen molar-refractivity contribution in [3.63, 3.8) is 0 Å². The molecule has 3 N–H and O–H groups in total. The summed E-state index contributed by atoms with van der Waals surface area (Å²) in [7, 11) is 0. The van der Waals surface area contributed by atoms with Crippen molar-refractivity contribution in [2.24, 2.45) is 5.73 Å². The van der Waals surface area contributed by atoms with Gasteiger partial charge in [-0.05, 0) is 17.0 Å². The summed E-state index contributed by atoms with van der Waals surface area (Å²) in [5.41, 5.74) is 5.62. The van der Waals surface area contributed by atoms with Crippen molar-refractivity contribution in [1.29, 1.82) is 0 Å². The summed E-state index contributed by atoms with van der Waals surface area (Å²) in [6.45, 7) is -2.98. The number of alkyl halides is 2. The van der Waals surface area contributed by atoms with Crippen molar-refractivity contribution in [2.75, 3.05) is 6.54 Å². The van der Waals surface area contributed by atoms with Crippen molar-refractivity contribution in [3.05, 3.63) is 56.7 Å². The number of halogens is 4. The monoisotopic (exact) mass is 402 g/mol. The van der Waals surface area contributed by atoms with Crippen LogP contribution in [0.2, 0.25) is 0 Å². The lowest BCUT2D eigenvalue weighted by molar-refractivity contribution is 0.0566. The third-order valence-electron chi connectivity index (χ3n) is 3.83. The van der Waals surface area contributed by atoms with E-state index in [1.165, 1.54) is 28.3 Å². The highest BCUT2D eigenvalue weighted by Gasteiger charge is 2.15. The standard InChI is InChI=1S/C15H14F4N6OS/c16-13(17)8(3-20)2-12-22-23-15(26)24(12)6-11-1-9(7-27-11)10-4-21-25(5-10)14(18)19/h1,4-5,7,14H,2-3,6,20H2,(H,23,26). The Bertz CT molecular complexity index is 1010. The summed E-state index contributed by atoms with van der Waals surface area (Å²) in [6.07, 6.45) is 0.384. The highest BCUT2D eigenvalue weighted by Crippen LogP contribution is 2.27. The normalized spacial score (nSPS) is 11.3. The van der Waals surface area contributed by atoms with E-state index < -0.39 is 18.3 Å². The van der Waals surface area contributed by atoms with Gasteiger partial charge < -0.3 is 5.73 Å². The van der Waals surface area contributed by atoms with E-state index in [4.69, 9.17) is 5.73 Å². The molecular formula is C15H14F4N6OS. The smallest absolute Gasteiger partial charge is 0.327 e. The Balaban J connectivity index is 1.82. The molecule has 12 heteroatoms. The van der Waals surface area contributed by atoms with Crippen LogP contribution >= 0.6 is 11.3 Å². The van der Waals surface area contributed by atoms with Crippen LogP contribution in [0.3, 0.4) is 0 Å². The summed E-state index contributed by atoms with van der Waals surface area (Å²) in [6, 6.07) is 1.72. The number of thiophene rings is 1. The van der Waals surface area contributed by atoms with Gasteiger partial charge in [-0.2, -0.15) is 27.8 Å². The average molecular weight is 402 g/mol. The van der Waals surface area contributed by atoms with Crippen LogP contribution in [0.25, 0.3) is 11.1 Å². The molecule has 0 fully saturated rings. The average Bonchev–Trinajstić information content (AvgIpc) is 3.34. The molecule has 0 bridgehead atoms. The van der Waals surface area contributed by atoms with Crippen LogP contribution in [0.15, 0.2) is 40.3 Å². The lowest BCUT2D eigenvalue weighted by Crippen LogP contribution is -2.20. The number of nitrogens with one attached hydrogen (secondary N) is 1. The van der Waals surface area contributed by atoms with Gasteiger partial charge in [0.2, 0.25) is 0 Å². The molecule has 3 rings (SSSR count). The third-order valence-corrected chi connectivity index (χ3v) is 4.75. The number of hydrogen-bond acceptors (Lipinski definition) is 5. The molecule has 0 radical (unpaired) electrons. The minimum atomic E-state index is -2.73. The largest absolute Gasteiger partial charge is 0.343 e. The Labute approximate surface area is 153 Å². The number of rotatable bonds is 7. The maximum Gasteiger partial charge on any atom is 0.343 e.